The van der Waals surface area contributed by atoms with Crippen molar-refractivity contribution in [3.63, 3.8) is 0 Å². The van der Waals surface area contributed by atoms with Gasteiger partial charge in [0.1, 0.15) is 11.4 Å². The summed E-state index contributed by atoms with van der Waals surface area (Å²) in [5.74, 6) is 0.173. The number of ether oxygens (including phenoxy) is 1. The fraction of sp³-hybridized carbons (Fsp3) is 0.250. The molecular formula is C16H17N5O2. The number of carbonyl (C=O) groups excluding carboxylic acids is 1. The number of pyridine rings is 2. The molecule has 23 heavy (non-hydrogen) atoms. The van der Waals surface area contributed by atoms with E-state index in [1.54, 1.807) is 34.7 Å². The zero-order valence-electron chi connectivity index (χ0n) is 13.2. The van der Waals surface area contributed by atoms with Crippen molar-refractivity contribution in [3.8, 4) is 11.4 Å². The largest absolute Gasteiger partial charge is 0.462 e. The van der Waals surface area contributed by atoms with E-state index in [4.69, 9.17) is 4.74 Å². The van der Waals surface area contributed by atoms with Gasteiger partial charge < -0.3 is 9.64 Å². The van der Waals surface area contributed by atoms with E-state index in [1.165, 1.54) is 0 Å². The molecule has 0 spiro atoms. The zero-order chi connectivity index (χ0) is 16.4. The molecule has 7 nitrogen and oxygen atoms in total. The van der Waals surface area contributed by atoms with Crippen LogP contribution in [-0.2, 0) is 4.74 Å². The molecule has 3 rings (SSSR count). The van der Waals surface area contributed by atoms with Gasteiger partial charge >= 0.3 is 5.97 Å². The Balaban J connectivity index is 2.13. The second kappa shape index (κ2) is 6.04. The number of hydrogen-bond donors (Lipinski definition) is 0. The average Bonchev–Trinajstić information content (AvgIpc) is 3.03. The van der Waals surface area contributed by atoms with Crippen LogP contribution in [0.3, 0.4) is 0 Å². The Bertz CT molecular complexity index is 857. The van der Waals surface area contributed by atoms with Crippen LogP contribution in [-0.4, -0.2) is 46.5 Å². The lowest BCUT2D eigenvalue weighted by Crippen LogP contribution is -2.17. The second-order valence-corrected chi connectivity index (χ2v) is 5.16. The molecule has 0 aliphatic rings. The number of anilines is 1. The van der Waals surface area contributed by atoms with Gasteiger partial charge in [-0.25, -0.2) is 14.3 Å². The molecule has 0 amide bonds. The maximum absolute atomic E-state index is 12.1. The first-order valence-corrected chi connectivity index (χ1v) is 7.27. The molecule has 0 aromatic carbocycles. The third-order valence-corrected chi connectivity index (χ3v) is 3.38. The van der Waals surface area contributed by atoms with Gasteiger partial charge in [-0.1, -0.05) is 11.3 Å². The van der Waals surface area contributed by atoms with Gasteiger partial charge in [-0.3, -0.25) is 0 Å². The first kappa shape index (κ1) is 15.0. The smallest absolute Gasteiger partial charge is 0.341 e. The fourth-order valence-electron chi connectivity index (χ4n) is 2.35. The number of esters is 1. The predicted molar refractivity (Wildman–Crippen MR) is 86.5 cm³/mol. The third kappa shape index (κ3) is 2.73. The maximum atomic E-state index is 12.1. The van der Waals surface area contributed by atoms with Crippen molar-refractivity contribution in [2.24, 2.45) is 0 Å². The summed E-state index contributed by atoms with van der Waals surface area (Å²) in [7, 11) is 3.68. The van der Waals surface area contributed by atoms with Gasteiger partial charge in [0.2, 0.25) is 0 Å². The van der Waals surface area contributed by atoms with E-state index in [1.807, 2.05) is 32.3 Å². The molecule has 0 saturated heterocycles. The van der Waals surface area contributed by atoms with E-state index in [9.17, 15) is 4.79 Å². The van der Waals surface area contributed by atoms with Crippen LogP contribution in [0.4, 0.5) is 5.82 Å². The van der Waals surface area contributed by atoms with E-state index in [-0.39, 0.29) is 5.97 Å². The van der Waals surface area contributed by atoms with Crippen molar-refractivity contribution in [2.45, 2.75) is 6.92 Å². The number of aromatic nitrogens is 4. The summed E-state index contributed by atoms with van der Waals surface area (Å²) in [5, 5.41) is 7.99. The highest BCUT2D eigenvalue weighted by Gasteiger charge is 2.17. The molecular weight excluding hydrogens is 294 g/mol. The fourth-order valence-corrected chi connectivity index (χ4v) is 2.35. The van der Waals surface area contributed by atoms with Crippen molar-refractivity contribution in [2.75, 3.05) is 25.6 Å². The van der Waals surface area contributed by atoms with Crippen molar-refractivity contribution in [1.82, 2.24) is 19.8 Å². The maximum Gasteiger partial charge on any atom is 0.341 e. The minimum Gasteiger partial charge on any atom is -0.462 e. The van der Waals surface area contributed by atoms with Crippen LogP contribution in [0.5, 0.6) is 0 Å². The van der Waals surface area contributed by atoms with Crippen LogP contribution < -0.4 is 4.90 Å². The molecule has 0 unspecified atom stereocenters. The average molecular weight is 311 g/mol. The van der Waals surface area contributed by atoms with Gasteiger partial charge in [-0.15, -0.1) is 5.10 Å². The number of nitrogens with zero attached hydrogens (tertiary/aromatic N) is 5. The molecule has 0 fully saturated rings. The van der Waals surface area contributed by atoms with Crippen LogP contribution in [0, 0.1) is 0 Å². The molecule has 0 aliphatic carbocycles. The third-order valence-electron chi connectivity index (χ3n) is 3.38. The molecule has 0 N–H and O–H groups in total. The topological polar surface area (TPSA) is 72.6 Å². The molecule has 118 valence electrons. The SMILES string of the molecule is CCOC(=O)c1ccc(-c2cccc3cnnn23)nc1N(C)C. The minimum atomic E-state index is -0.380. The first-order chi connectivity index (χ1) is 11.1. The summed E-state index contributed by atoms with van der Waals surface area (Å²) >= 11 is 0. The van der Waals surface area contributed by atoms with Gasteiger partial charge in [0.05, 0.1) is 29.7 Å². The molecule has 3 aromatic rings. The van der Waals surface area contributed by atoms with Crippen molar-refractivity contribution < 1.29 is 9.53 Å². The van der Waals surface area contributed by atoms with E-state index in [0.717, 1.165) is 11.2 Å². The lowest BCUT2D eigenvalue weighted by atomic mass is 10.2. The second-order valence-electron chi connectivity index (χ2n) is 5.16. The van der Waals surface area contributed by atoms with Crippen LogP contribution >= 0.6 is 0 Å². The summed E-state index contributed by atoms with van der Waals surface area (Å²) in [6.07, 6.45) is 1.68. The summed E-state index contributed by atoms with van der Waals surface area (Å²) in [5.41, 5.74) is 2.83. The first-order valence-electron chi connectivity index (χ1n) is 7.27. The number of carbonyl (C=O) groups is 1. The van der Waals surface area contributed by atoms with E-state index in [0.29, 0.717) is 23.7 Å². The predicted octanol–water partition coefficient (Wildman–Crippen LogP) is 2.03. The highest BCUT2D eigenvalue weighted by Crippen LogP contribution is 2.24. The van der Waals surface area contributed by atoms with Crippen molar-refractivity contribution >= 4 is 17.3 Å². The number of hydrogen-bond acceptors (Lipinski definition) is 6. The molecule has 0 atom stereocenters. The van der Waals surface area contributed by atoms with Gasteiger partial charge in [0.15, 0.2) is 0 Å². The van der Waals surface area contributed by atoms with Crippen LogP contribution in [0.25, 0.3) is 16.9 Å². The molecule has 0 radical (unpaired) electrons. The van der Waals surface area contributed by atoms with Gasteiger partial charge in [-0.2, -0.15) is 0 Å². The Labute approximate surface area is 133 Å². The zero-order valence-corrected chi connectivity index (χ0v) is 13.2. The summed E-state index contributed by atoms with van der Waals surface area (Å²) < 4.78 is 6.80. The molecule has 3 heterocycles. The van der Waals surface area contributed by atoms with Crippen LogP contribution in [0.1, 0.15) is 17.3 Å². The monoisotopic (exact) mass is 311 g/mol. The Morgan fingerprint density at radius 3 is 2.83 bits per heavy atom. The standard InChI is InChI=1S/C16H17N5O2/c1-4-23-16(22)12-8-9-13(18-15(12)20(2)3)14-7-5-6-11-10-17-19-21(11)14/h5-10H,4H2,1-3H3. The highest BCUT2D eigenvalue weighted by atomic mass is 16.5. The number of fused-ring (bicyclic) bond motifs is 1. The lowest BCUT2D eigenvalue weighted by Gasteiger charge is -2.16. The lowest BCUT2D eigenvalue weighted by molar-refractivity contribution is 0.0527. The van der Waals surface area contributed by atoms with Crippen LogP contribution in [0.15, 0.2) is 36.5 Å². The molecule has 0 aliphatic heterocycles. The summed E-state index contributed by atoms with van der Waals surface area (Å²) in [4.78, 5) is 18.5. The van der Waals surface area contributed by atoms with Crippen molar-refractivity contribution in [1.29, 1.82) is 0 Å². The molecule has 0 saturated carbocycles. The molecule has 3 aromatic heterocycles. The Morgan fingerprint density at radius 2 is 2.09 bits per heavy atom. The Morgan fingerprint density at radius 1 is 1.26 bits per heavy atom. The molecule has 0 bridgehead atoms. The van der Waals surface area contributed by atoms with E-state index < -0.39 is 0 Å². The minimum absolute atomic E-state index is 0.325. The van der Waals surface area contributed by atoms with E-state index >= 15 is 0 Å². The normalized spacial score (nSPS) is 10.7. The molecule has 7 heteroatoms. The highest BCUT2D eigenvalue weighted by molar-refractivity contribution is 5.95. The van der Waals surface area contributed by atoms with E-state index in [2.05, 4.69) is 15.3 Å². The van der Waals surface area contributed by atoms with Gasteiger partial charge in [0, 0.05) is 14.1 Å². The summed E-state index contributed by atoms with van der Waals surface area (Å²) in [6, 6.07) is 9.27. The van der Waals surface area contributed by atoms with Crippen LogP contribution in [0.2, 0.25) is 0 Å². The quantitative estimate of drug-likeness (QED) is 0.687. The summed E-state index contributed by atoms with van der Waals surface area (Å²) in [6.45, 7) is 2.10. The van der Waals surface area contributed by atoms with Crippen molar-refractivity contribution in [3.05, 3.63) is 42.1 Å². The van der Waals surface area contributed by atoms with Gasteiger partial charge in [0.25, 0.3) is 0 Å². The Kier molecular flexibility index (Phi) is 3.92. The Hall–Kier alpha value is -2.96. The van der Waals surface area contributed by atoms with Gasteiger partial charge in [-0.05, 0) is 31.2 Å². The number of rotatable bonds is 4.